The van der Waals surface area contributed by atoms with E-state index < -0.39 is 0 Å². The number of cyclic esters (lactones) is 1. The largest absolute Gasteiger partial charge is 0.436 e. The van der Waals surface area contributed by atoms with E-state index >= 15 is 0 Å². The van der Waals surface area contributed by atoms with E-state index in [0.29, 0.717) is 0 Å². The number of ether oxygens (including phenoxy) is 1. The smallest absolute Gasteiger partial charge is 0.410 e. The van der Waals surface area contributed by atoms with Crippen LogP contribution in [0.3, 0.4) is 0 Å². The fourth-order valence-electron chi connectivity index (χ4n) is 1.42. The first-order valence-electron chi connectivity index (χ1n) is 4.45. The van der Waals surface area contributed by atoms with E-state index in [9.17, 15) is 4.79 Å². The highest BCUT2D eigenvalue weighted by molar-refractivity contribution is 7.09. The van der Waals surface area contributed by atoms with Crippen LogP contribution in [0.5, 0.6) is 0 Å². The van der Waals surface area contributed by atoms with Crippen molar-refractivity contribution in [3.63, 3.8) is 0 Å². The Morgan fingerprint density at radius 3 is 2.79 bits per heavy atom. The fraction of sp³-hybridized carbons (Fsp3) is 0.556. The maximum absolute atomic E-state index is 11.3. The number of nitrogens with zero attached hydrogens (tertiary/aromatic N) is 2. The van der Waals surface area contributed by atoms with Gasteiger partial charge in [0.2, 0.25) is 0 Å². The van der Waals surface area contributed by atoms with Crippen molar-refractivity contribution >= 4 is 17.4 Å². The molecule has 1 aromatic heterocycles. The molecule has 2 rings (SSSR count). The molecule has 1 fully saturated rings. The van der Waals surface area contributed by atoms with Gasteiger partial charge in [0, 0.05) is 18.1 Å². The van der Waals surface area contributed by atoms with E-state index in [-0.39, 0.29) is 18.2 Å². The van der Waals surface area contributed by atoms with E-state index in [0.717, 1.165) is 10.7 Å². The molecule has 0 unspecified atom stereocenters. The van der Waals surface area contributed by atoms with Crippen LogP contribution in [0, 0.1) is 6.92 Å². The Balaban J connectivity index is 2.25. The summed E-state index contributed by atoms with van der Waals surface area (Å²) in [5, 5.41) is 2.85. The van der Waals surface area contributed by atoms with Crippen molar-refractivity contribution in [2.75, 3.05) is 7.05 Å². The number of hydrogen-bond donors (Lipinski definition) is 0. The normalized spacial score (nSPS) is 26.8. The minimum absolute atomic E-state index is 0.0630. The molecule has 76 valence electrons. The molecule has 5 heteroatoms. The lowest BCUT2D eigenvalue weighted by Crippen LogP contribution is -2.27. The van der Waals surface area contributed by atoms with Gasteiger partial charge in [0.05, 0.1) is 6.04 Å². The number of thiazole rings is 1. The van der Waals surface area contributed by atoms with Crippen LogP contribution in [0.25, 0.3) is 0 Å². The summed E-state index contributed by atoms with van der Waals surface area (Å²) < 4.78 is 5.22. The first-order chi connectivity index (χ1) is 6.59. The second-order valence-electron chi connectivity index (χ2n) is 3.48. The Hall–Kier alpha value is -1.10. The summed E-state index contributed by atoms with van der Waals surface area (Å²) in [6.07, 6.45) is -0.471. The number of hydrogen-bond acceptors (Lipinski definition) is 4. The highest BCUT2D eigenvalue weighted by Crippen LogP contribution is 2.32. The summed E-state index contributed by atoms with van der Waals surface area (Å²) in [5.74, 6) is 0. The molecule has 2 heterocycles. The van der Waals surface area contributed by atoms with Crippen molar-refractivity contribution in [1.29, 1.82) is 0 Å². The first-order valence-corrected chi connectivity index (χ1v) is 5.33. The van der Waals surface area contributed by atoms with Gasteiger partial charge in [-0.3, -0.25) is 0 Å². The molecule has 2 atom stereocenters. The Labute approximate surface area is 86.5 Å². The minimum atomic E-state index is -0.268. The minimum Gasteiger partial charge on any atom is -0.436 e. The number of carbonyl (C=O) groups excluding carboxylic acids is 1. The van der Waals surface area contributed by atoms with Crippen LogP contribution >= 0.6 is 11.3 Å². The summed E-state index contributed by atoms with van der Waals surface area (Å²) in [6.45, 7) is 3.90. The van der Waals surface area contributed by atoms with E-state index in [1.165, 1.54) is 11.3 Å². The second kappa shape index (κ2) is 3.24. The second-order valence-corrected chi connectivity index (χ2v) is 4.37. The molecule has 0 radical (unpaired) electrons. The SMILES string of the molecule is Cc1csc([C@H]2OC(=O)N(C)[C@H]2C)n1. The van der Waals surface area contributed by atoms with Crippen molar-refractivity contribution < 1.29 is 9.53 Å². The summed E-state index contributed by atoms with van der Waals surface area (Å²) in [7, 11) is 1.74. The van der Waals surface area contributed by atoms with E-state index in [4.69, 9.17) is 4.74 Å². The van der Waals surface area contributed by atoms with E-state index in [1.54, 1.807) is 11.9 Å². The average molecular weight is 212 g/mol. The Morgan fingerprint density at radius 2 is 2.36 bits per heavy atom. The van der Waals surface area contributed by atoms with Gasteiger partial charge >= 0.3 is 6.09 Å². The summed E-state index contributed by atoms with van der Waals surface area (Å²) >= 11 is 1.54. The monoisotopic (exact) mass is 212 g/mol. The first kappa shape index (κ1) is 9.45. The molecule has 0 spiro atoms. The maximum Gasteiger partial charge on any atom is 0.410 e. The van der Waals surface area contributed by atoms with Crippen LogP contribution in [0.15, 0.2) is 5.38 Å². The third-order valence-corrected chi connectivity index (χ3v) is 3.47. The maximum atomic E-state index is 11.3. The van der Waals surface area contributed by atoms with E-state index in [1.807, 2.05) is 19.2 Å². The molecule has 1 aliphatic rings. The summed E-state index contributed by atoms with van der Waals surface area (Å²) in [4.78, 5) is 17.2. The Morgan fingerprint density at radius 1 is 1.64 bits per heavy atom. The number of likely N-dealkylation sites (N-methyl/N-ethyl adjacent to an activating group) is 1. The average Bonchev–Trinajstić information content (AvgIpc) is 2.66. The van der Waals surface area contributed by atoms with Crippen LogP contribution in [-0.4, -0.2) is 29.1 Å². The van der Waals surface area contributed by atoms with Gasteiger partial charge < -0.3 is 9.64 Å². The van der Waals surface area contributed by atoms with Crippen molar-refractivity contribution in [2.24, 2.45) is 0 Å². The molecule has 1 aromatic rings. The van der Waals surface area contributed by atoms with Gasteiger partial charge in [0.1, 0.15) is 5.01 Å². The number of amides is 1. The Kier molecular flexibility index (Phi) is 2.19. The lowest BCUT2D eigenvalue weighted by molar-refractivity contribution is 0.131. The zero-order chi connectivity index (χ0) is 10.3. The van der Waals surface area contributed by atoms with Gasteiger partial charge in [-0.1, -0.05) is 0 Å². The van der Waals surface area contributed by atoms with Crippen molar-refractivity contribution in [3.05, 3.63) is 16.1 Å². The number of carbonyl (C=O) groups is 1. The van der Waals surface area contributed by atoms with Crippen molar-refractivity contribution in [2.45, 2.75) is 26.0 Å². The molecule has 0 bridgehead atoms. The fourth-order valence-corrected chi connectivity index (χ4v) is 2.34. The predicted octanol–water partition coefficient (Wildman–Crippen LogP) is 1.96. The molecule has 0 saturated carbocycles. The van der Waals surface area contributed by atoms with Gasteiger partial charge in [0.25, 0.3) is 0 Å². The van der Waals surface area contributed by atoms with E-state index in [2.05, 4.69) is 4.98 Å². The predicted molar refractivity (Wildman–Crippen MR) is 53.3 cm³/mol. The molecule has 0 N–H and O–H groups in total. The number of aromatic nitrogens is 1. The standard InChI is InChI=1S/C9H12N2O2S/c1-5-4-14-8(10-5)7-6(2)11(3)9(12)13-7/h4,6-7H,1-3H3/t6-,7-/m0/s1. The van der Waals surface area contributed by atoms with Crippen LogP contribution in [0.1, 0.15) is 23.7 Å². The van der Waals surface area contributed by atoms with Crippen LogP contribution in [0.4, 0.5) is 4.79 Å². The topological polar surface area (TPSA) is 42.4 Å². The third kappa shape index (κ3) is 1.37. The molecule has 1 aliphatic heterocycles. The number of rotatable bonds is 1. The van der Waals surface area contributed by atoms with Crippen molar-refractivity contribution in [1.82, 2.24) is 9.88 Å². The molecular weight excluding hydrogens is 200 g/mol. The van der Waals surface area contributed by atoms with Gasteiger partial charge in [-0.25, -0.2) is 9.78 Å². The lowest BCUT2D eigenvalue weighted by Gasteiger charge is -2.13. The molecule has 1 amide bonds. The lowest BCUT2D eigenvalue weighted by atomic mass is 10.2. The van der Waals surface area contributed by atoms with Crippen LogP contribution in [0.2, 0.25) is 0 Å². The van der Waals surface area contributed by atoms with Crippen molar-refractivity contribution in [3.8, 4) is 0 Å². The van der Waals surface area contributed by atoms with Gasteiger partial charge in [0.15, 0.2) is 6.10 Å². The third-order valence-electron chi connectivity index (χ3n) is 2.44. The molecule has 1 saturated heterocycles. The summed E-state index contributed by atoms with van der Waals surface area (Å²) in [6, 6.07) is 0.0630. The molecular formula is C9H12N2O2S. The zero-order valence-corrected chi connectivity index (χ0v) is 9.17. The quantitative estimate of drug-likeness (QED) is 0.714. The van der Waals surface area contributed by atoms with Crippen LogP contribution in [-0.2, 0) is 4.74 Å². The number of aryl methyl sites for hydroxylation is 1. The van der Waals surface area contributed by atoms with Gasteiger partial charge in [-0.05, 0) is 13.8 Å². The van der Waals surface area contributed by atoms with Gasteiger partial charge in [-0.2, -0.15) is 0 Å². The molecule has 0 aromatic carbocycles. The summed E-state index contributed by atoms with van der Waals surface area (Å²) in [5.41, 5.74) is 0.975. The molecule has 0 aliphatic carbocycles. The highest BCUT2D eigenvalue weighted by Gasteiger charge is 2.38. The molecule has 14 heavy (non-hydrogen) atoms. The van der Waals surface area contributed by atoms with Gasteiger partial charge in [-0.15, -0.1) is 11.3 Å². The zero-order valence-electron chi connectivity index (χ0n) is 8.35. The highest BCUT2D eigenvalue weighted by atomic mass is 32.1. The van der Waals surface area contributed by atoms with Crippen LogP contribution < -0.4 is 0 Å². The Bertz CT molecular complexity index is 363. The molecule has 4 nitrogen and oxygen atoms in total.